The van der Waals surface area contributed by atoms with Crippen LogP contribution < -0.4 is 10.1 Å². The summed E-state index contributed by atoms with van der Waals surface area (Å²) in [6.07, 6.45) is 1.70. The summed E-state index contributed by atoms with van der Waals surface area (Å²) in [6, 6.07) is 7.89. The number of benzene rings is 1. The quantitative estimate of drug-likeness (QED) is 0.728. The standard InChI is InChI=1S/C20H25ClN2O2/c1-5-15-8-7-9-16(6-2)19(15)23-20(24)18-14(4)22-13(3)12-17(18)25-11-10-21/h7-9,12H,5-6,10-11H2,1-4H3,(H,23,24). The highest BCUT2D eigenvalue weighted by atomic mass is 35.5. The summed E-state index contributed by atoms with van der Waals surface area (Å²) >= 11 is 5.73. The second-order valence-electron chi connectivity index (χ2n) is 5.87. The van der Waals surface area contributed by atoms with Crippen molar-refractivity contribution in [3.63, 3.8) is 0 Å². The van der Waals surface area contributed by atoms with Gasteiger partial charge in [-0.1, -0.05) is 32.0 Å². The lowest BCUT2D eigenvalue weighted by Gasteiger charge is -2.17. The molecule has 0 bridgehead atoms. The first-order valence-electron chi connectivity index (χ1n) is 8.60. The normalized spacial score (nSPS) is 10.6. The van der Waals surface area contributed by atoms with Crippen molar-refractivity contribution >= 4 is 23.2 Å². The van der Waals surface area contributed by atoms with Crippen molar-refractivity contribution in [2.24, 2.45) is 0 Å². The zero-order valence-corrected chi connectivity index (χ0v) is 16.0. The number of para-hydroxylation sites is 1. The van der Waals surface area contributed by atoms with Crippen molar-refractivity contribution < 1.29 is 9.53 Å². The molecule has 0 aliphatic carbocycles. The van der Waals surface area contributed by atoms with Gasteiger partial charge >= 0.3 is 0 Å². The Kier molecular flexibility index (Phi) is 6.82. The van der Waals surface area contributed by atoms with E-state index in [1.807, 2.05) is 32.0 Å². The van der Waals surface area contributed by atoms with Crippen LogP contribution in [0.3, 0.4) is 0 Å². The van der Waals surface area contributed by atoms with Crippen LogP contribution in [0.5, 0.6) is 5.75 Å². The molecule has 0 aliphatic rings. The third-order valence-electron chi connectivity index (χ3n) is 4.09. The van der Waals surface area contributed by atoms with Gasteiger partial charge < -0.3 is 10.1 Å². The van der Waals surface area contributed by atoms with Crippen LogP contribution in [0.4, 0.5) is 5.69 Å². The Hall–Kier alpha value is -2.07. The Morgan fingerprint density at radius 1 is 1.20 bits per heavy atom. The van der Waals surface area contributed by atoms with Gasteiger partial charge in [0.1, 0.15) is 17.9 Å². The van der Waals surface area contributed by atoms with Gasteiger partial charge in [0.2, 0.25) is 0 Å². The number of aromatic nitrogens is 1. The van der Waals surface area contributed by atoms with Gasteiger partial charge in [-0.05, 0) is 37.8 Å². The lowest BCUT2D eigenvalue weighted by atomic mass is 10.0. The molecule has 1 amide bonds. The molecule has 1 N–H and O–H groups in total. The summed E-state index contributed by atoms with van der Waals surface area (Å²) < 4.78 is 5.69. The molecule has 1 aromatic heterocycles. The van der Waals surface area contributed by atoms with Gasteiger partial charge in [-0.3, -0.25) is 9.78 Å². The smallest absolute Gasteiger partial charge is 0.261 e. The van der Waals surface area contributed by atoms with Crippen LogP contribution >= 0.6 is 11.6 Å². The van der Waals surface area contributed by atoms with Gasteiger partial charge in [0.05, 0.1) is 11.6 Å². The SMILES string of the molecule is CCc1cccc(CC)c1NC(=O)c1c(OCCCl)cc(C)nc1C. The lowest BCUT2D eigenvalue weighted by Crippen LogP contribution is -2.19. The number of aryl methyl sites for hydroxylation is 4. The molecular weight excluding hydrogens is 336 g/mol. The van der Waals surface area contributed by atoms with Crippen molar-refractivity contribution in [1.82, 2.24) is 4.98 Å². The van der Waals surface area contributed by atoms with Crippen LogP contribution in [0.25, 0.3) is 0 Å². The highest BCUT2D eigenvalue weighted by Gasteiger charge is 2.20. The molecular formula is C20H25ClN2O2. The first-order chi connectivity index (χ1) is 12.0. The van der Waals surface area contributed by atoms with E-state index in [-0.39, 0.29) is 5.91 Å². The number of rotatable bonds is 7. The molecule has 0 saturated heterocycles. The van der Waals surface area contributed by atoms with E-state index in [0.717, 1.165) is 35.3 Å². The largest absolute Gasteiger partial charge is 0.491 e. The molecule has 0 aliphatic heterocycles. The van der Waals surface area contributed by atoms with Crippen molar-refractivity contribution in [2.45, 2.75) is 40.5 Å². The predicted molar refractivity (Wildman–Crippen MR) is 103 cm³/mol. The van der Waals surface area contributed by atoms with Crippen LogP contribution in [0.15, 0.2) is 24.3 Å². The first-order valence-corrected chi connectivity index (χ1v) is 9.14. The maximum absolute atomic E-state index is 13.0. The number of amides is 1. The van der Waals surface area contributed by atoms with Crippen molar-refractivity contribution in [3.8, 4) is 5.75 Å². The third kappa shape index (κ3) is 4.51. The second kappa shape index (κ2) is 8.86. The van der Waals surface area contributed by atoms with Gasteiger partial charge in [-0.15, -0.1) is 11.6 Å². The topological polar surface area (TPSA) is 51.2 Å². The van der Waals surface area contributed by atoms with E-state index in [1.165, 1.54) is 0 Å². The number of alkyl halides is 1. The van der Waals surface area contributed by atoms with E-state index in [0.29, 0.717) is 29.5 Å². The van der Waals surface area contributed by atoms with E-state index in [1.54, 1.807) is 6.07 Å². The molecule has 134 valence electrons. The number of halogens is 1. The molecule has 25 heavy (non-hydrogen) atoms. The fourth-order valence-electron chi connectivity index (χ4n) is 2.91. The molecule has 0 atom stereocenters. The average molecular weight is 361 g/mol. The Morgan fingerprint density at radius 3 is 2.40 bits per heavy atom. The Balaban J connectivity index is 2.42. The Morgan fingerprint density at radius 2 is 1.84 bits per heavy atom. The predicted octanol–water partition coefficient (Wildman–Crippen LogP) is 4.69. The zero-order chi connectivity index (χ0) is 18.4. The number of anilines is 1. The summed E-state index contributed by atoms with van der Waals surface area (Å²) in [4.78, 5) is 17.4. The minimum atomic E-state index is -0.204. The molecule has 2 rings (SSSR count). The van der Waals surface area contributed by atoms with E-state index in [2.05, 4.69) is 24.1 Å². The second-order valence-corrected chi connectivity index (χ2v) is 6.25. The van der Waals surface area contributed by atoms with Crippen molar-refractivity contribution in [1.29, 1.82) is 0 Å². The van der Waals surface area contributed by atoms with Gasteiger partial charge in [-0.2, -0.15) is 0 Å². The van der Waals surface area contributed by atoms with Gasteiger partial charge in [0, 0.05) is 17.4 Å². The van der Waals surface area contributed by atoms with Gasteiger partial charge in [-0.25, -0.2) is 0 Å². The first kappa shape index (κ1) is 19.3. The highest BCUT2D eigenvalue weighted by Crippen LogP contribution is 2.27. The molecule has 0 saturated carbocycles. The maximum Gasteiger partial charge on any atom is 0.261 e. The minimum Gasteiger partial charge on any atom is -0.491 e. The highest BCUT2D eigenvalue weighted by molar-refractivity contribution is 6.18. The van der Waals surface area contributed by atoms with E-state index in [9.17, 15) is 4.79 Å². The Labute approximate surface area is 154 Å². The summed E-state index contributed by atoms with van der Waals surface area (Å²) in [5.41, 5.74) is 5.04. The number of ether oxygens (including phenoxy) is 1. The number of nitrogens with zero attached hydrogens (tertiary/aromatic N) is 1. The number of hydrogen-bond donors (Lipinski definition) is 1. The molecule has 5 heteroatoms. The lowest BCUT2D eigenvalue weighted by molar-refractivity contribution is 0.102. The number of nitrogens with one attached hydrogen (secondary N) is 1. The number of hydrogen-bond acceptors (Lipinski definition) is 3. The molecule has 4 nitrogen and oxygen atoms in total. The average Bonchev–Trinajstić information content (AvgIpc) is 2.59. The summed E-state index contributed by atoms with van der Waals surface area (Å²) in [5.74, 6) is 0.681. The molecule has 1 heterocycles. The summed E-state index contributed by atoms with van der Waals surface area (Å²) in [6.45, 7) is 8.21. The molecule has 0 radical (unpaired) electrons. The van der Waals surface area contributed by atoms with Gasteiger partial charge in [0.15, 0.2) is 0 Å². The molecule has 0 spiro atoms. The fraction of sp³-hybridized carbons (Fsp3) is 0.400. The van der Waals surface area contributed by atoms with E-state index < -0.39 is 0 Å². The fourth-order valence-corrected chi connectivity index (χ4v) is 2.99. The van der Waals surface area contributed by atoms with E-state index >= 15 is 0 Å². The van der Waals surface area contributed by atoms with Crippen LogP contribution in [0.2, 0.25) is 0 Å². The molecule has 2 aromatic rings. The Bertz CT molecular complexity index is 737. The van der Waals surface area contributed by atoms with Crippen molar-refractivity contribution in [2.75, 3.05) is 17.8 Å². The van der Waals surface area contributed by atoms with Crippen LogP contribution in [0, 0.1) is 13.8 Å². The van der Waals surface area contributed by atoms with E-state index in [4.69, 9.17) is 16.3 Å². The van der Waals surface area contributed by atoms with Crippen LogP contribution in [0.1, 0.15) is 46.7 Å². The number of pyridine rings is 1. The third-order valence-corrected chi connectivity index (χ3v) is 4.25. The molecule has 1 aromatic carbocycles. The number of carbonyl (C=O) groups is 1. The van der Waals surface area contributed by atoms with Gasteiger partial charge in [0.25, 0.3) is 5.91 Å². The van der Waals surface area contributed by atoms with Crippen LogP contribution in [-0.4, -0.2) is 23.4 Å². The monoisotopic (exact) mass is 360 g/mol. The zero-order valence-electron chi connectivity index (χ0n) is 15.3. The molecule has 0 unspecified atom stereocenters. The van der Waals surface area contributed by atoms with Crippen LogP contribution in [-0.2, 0) is 12.8 Å². The minimum absolute atomic E-state index is 0.204. The summed E-state index contributed by atoms with van der Waals surface area (Å²) in [7, 11) is 0. The maximum atomic E-state index is 13.0. The number of carbonyl (C=O) groups excluding carboxylic acids is 1. The van der Waals surface area contributed by atoms with Crippen molar-refractivity contribution in [3.05, 3.63) is 52.3 Å². The summed E-state index contributed by atoms with van der Waals surface area (Å²) in [5, 5.41) is 3.08. The molecule has 0 fully saturated rings.